The Morgan fingerprint density at radius 3 is 1.83 bits per heavy atom. The van der Waals surface area contributed by atoms with Crippen molar-refractivity contribution in [3.05, 3.63) is 66.8 Å². The normalized spacial score (nSPS) is 10.1. The van der Waals surface area contributed by atoms with Crippen molar-refractivity contribution in [2.24, 2.45) is 0 Å². The standard InChI is InChI=1S/C27H30O8/c1-6-25(28)35-21-9-7-20(8-10-21)23-12-11-22(31-13-15-33-26(29)18(2)3)17-24(23)32-14-16-34-27(30)19(4)5/h7-12,17H,2,4,6,13-16H2,1,3,5H3. The predicted molar refractivity (Wildman–Crippen MR) is 130 cm³/mol. The van der Waals surface area contributed by atoms with E-state index >= 15 is 0 Å². The number of carbonyl (C=O) groups excluding carboxylic acids is 3. The maximum absolute atomic E-state index is 11.6. The quantitative estimate of drug-likeness (QED) is 0.176. The lowest BCUT2D eigenvalue weighted by Gasteiger charge is -2.15. The van der Waals surface area contributed by atoms with E-state index in [1.54, 1.807) is 57.2 Å². The number of hydrogen-bond donors (Lipinski definition) is 0. The molecule has 0 bridgehead atoms. The summed E-state index contributed by atoms with van der Waals surface area (Å²) in [6.45, 7) is 12.3. The number of benzene rings is 2. The highest BCUT2D eigenvalue weighted by molar-refractivity contribution is 5.87. The molecule has 0 radical (unpaired) electrons. The van der Waals surface area contributed by atoms with Gasteiger partial charge in [0.05, 0.1) is 0 Å². The number of carbonyl (C=O) groups is 3. The summed E-state index contributed by atoms with van der Waals surface area (Å²) in [5.41, 5.74) is 2.19. The van der Waals surface area contributed by atoms with Crippen LogP contribution in [0.4, 0.5) is 0 Å². The lowest BCUT2D eigenvalue weighted by molar-refractivity contribution is -0.140. The van der Waals surface area contributed by atoms with Crippen molar-refractivity contribution in [1.82, 2.24) is 0 Å². The molecule has 0 amide bonds. The molecule has 0 aliphatic carbocycles. The average molecular weight is 483 g/mol. The Kier molecular flexibility index (Phi) is 10.6. The van der Waals surface area contributed by atoms with E-state index in [-0.39, 0.29) is 38.8 Å². The summed E-state index contributed by atoms with van der Waals surface area (Å²) in [6, 6.07) is 12.3. The summed E-state index contributed by atoms with van der Waals surface area (Å²) >= 11 is 0. The van der Waals surface area contributed by atoms with Gasteiger partial charge in [0.1, 0.15) is 43.7 Å². The largest absolute Gasteiger partial charge is 0.490 e. The van der Waals surface area contributed by atoms with Crippen molar-refractivity contribution < 1.29 is 38.1 Å². The van der Waals surface area contributed by atoms with E-state index in [1.165, 1.54) is 0 Å². The third-order valence-electron chi connectivity index (χ3n) is 4.49. The first kappa shape index (κ1) is 27.2. The Bertz CT molecular complexity index is 1070. The lowest BCUT2D eigenvalue weighted by atomic mass is 10.0. The number of hydrogen-bond acceptors (Lipinski definition) is 8. The van der Waals surface area contributed by atoms with Gasteiger partial charge in [-0.3, -0.25) is 4.79 Å². The molecule has 8 nitrogen and oxygen atoms in total. The van der Waals surface area contributed by atoms with E-state index in [0.29, 0.717) is 28.4 Å². The van der Waals surface area contributed by atoms with Crippen LogP contribution in [-0.4, -0.2) is 44.3 Å². The second-order valence-electron chi connectivity index (χ2n) is 7.54. The van der Waals surface area contributed by atoms with Crippen molar-refractivity contribution in [1.29, 1.82) is 0 Å². The van der Waals surface area contributed by atoms with E-state index < -0.39 is 11.9 Å². The summed E-state index contributed by atoms with van der Waals surface area (Å²) in [7, 11) is 0. The second kappa shape index (κ2) is 13.6. The van der Waals surface area contributed by atoms with Crippen LogP contribution in [-0.2, 0) is 23.9 Å². The first-order valence-electron chi connectivity index (χ1n) is 11.1. The average Bonchev–Trinajstić information content (AvgIpc) is 2.84. The summed E-state index contributed by atoms with van der Waals surface area (Å²) in [4.78, 5) is 34.6. The van der Waals surface area contributed by atoms with E-state index in [0.717, 1.165) is 11.1 Å². The topological polar surface area (TPSA) is 97.4 Å². The van der Waals surface area contributed by atoms with Gasteiger partial charge >= 0.3 is 17.9 Å². The number of esters is 3. The van der Waals surface area contributed by atoms with Gasteiger partial charge in [-0.15, -0.1) is 0 Å². The van der Waals surface area contributed by atoms with Gasteiger partial charge in [0.2, 0.25) is 0 Å². The minimum atomic E-state index is -0.493. The van der Waals surface area contributed by atoms with Crippen molar-refractivity contribution >= 4 is 17.9 Å². The molecule has 0 atom stereocenters. The molecular weight excluding hydrogens is 452 g/mol. The van der Waals surface area contributed by atoms with E-state index in [2.05, 4.69) is 13.2 Å². The van der Waals surface area contributed by atoms with Crippen LogP contribution in [0.25, 0.3) is 11.1 Å². The first-order chi connectivity index (χ1) is 16.7. The molecule has 8 heteroatoms. The molecule has 0 aliphatic heterocycles. The van der Waals surface area contributed by atoms with Crippen molar-refractivity contribution in [2.75, 3.05) is 26.4 Å². The molecule has 0 spiro atoms. The molecule has 186 valence electrons. The molecule has 0 saturated heterocycles. The van der Waals surface area contributed by atoms with Gasteiger partial charge in [0.25, 0.3) is 0 Å². The Morgan fingerprint density at radius 1 is 0.743 bits per heavy atom. The maximum atomic E-state index is 11.6. The number of ether oxygens (including phenoxy) is 5. The zero-order valence-electron chi connectivity index (χ0n) is 20.3. The van der Waals surface area contributed by atoms with Gasteiger partial charge in [-0.1, -0.05) is 32.2 Å². The van der Waals surface area contributed by atoms with Crippen LogP contribution in [0.2, 0.25) is 0 Å². The van der Waals surface area contributed by atoms with E-state index in [4.69, 9.17) is 23.7 Å². The summed E-state index contributed by atoms with van der Waals surface area (Å²) in [5, 5.41) is 0. The molecule has 0 saturated carbocycles. The van der Waals surface area contributed by atoms with Crippen LogP contribution < -0.4 is 14.2 Å². The molecule has 0 aromatic heterocycles. The van der Waals surface area contributed by atoms with Gasteiger partial charge in [0, 0.05) is 29.2 Å². The van der Waals surface area contributed by atoms with Gasteiger partial charge < -0.3 is 23.7 Å². The highest BCUT2D eigenvalue weighted by Crippen LogP contribution is 2.34. The van der Waals surface area contributed by atoms with Crippen LogP contribution in [0.3, 0.4) is 0 Å². The molecule has 35 heavy (non-hydrogen) atoms. The van der Waals surface area contributed by atoms with Gasteiger partial charge in [-0.25, -0.2) is 9.59 Å². The molecule has 2 aromatic carbocycles. The zero-order chi connectivity index (χ0) is 25.8. The smallest absolute Gasteiger partial charge is 0.333 e. The molecule has 0 unspecified atom stereocenters. The SMILES string of the molecule is C=C(C)C(=O)OCCOc1ccc(-c2ccc(OC(=O)CC)cc2)c(OCCOC(=O)C(=C)C)c1. The van der Waals surface area contributed by atoms with Crippen LogP contribution >= 0.6 is 0 Å². The molecular formula is C27H30O8. The molecule has 2 aromatic rings. The Morgan fingerprint density at radius 2 is 1.29 bits per heavy atom. The fraction of sp³-hybridized carbons (Fsp3) is 0.296. The molecule has 0 heterocycles. The first-order valence-corrected chi connectivity index (χ1v) is 11.1. The third kappa shape index (κ3) is 9.00. The maximum Gasteiger partial charge on any atom is 0.333 e. The molecule has 2 rings (SSSR count). The summed E-state index contributed by atoms with van der Waals surface area (Å²) in [6.07, 6.45) is 0.281. The summed E-state index contributed by atoms with van der Waals surface area (Å²) in [5.74, 6) is 0.145. The van der Waals surface area contributed by atoms with E-state index in [1.807, 2.05) is 6.07 Å². The minimum Gasteiger partial charge on any atom is -0.490 e. The summed E-state index contributed by atoms with van der Waals surface area (Å²) < 4.78 is 26.9. The van der Waals surface area contributed by atoms with Crippen LogP contribution in [0, 0.1) is 0 Å². The van der Waals surface area contributed by atoms with Crippen molar-refractivity contribution in [3.63, 3.8) is 0 Å². The van der Waals surface area contributed by atoms with Gasteiger partial charge in [0.15, 0.2) is 0 Å². The van der Waals surface area contributed by atoms with E-state index in [9.17, 15) is 14.4 Å². The molecule has 0 N–H and O–H groups in total. The van der Waals surface area contributed by atoms with Crippen molar-refractivity contribution in [2.45, 2.75) is 27.2 Å². The molecule has 0 fully saturated rings. The lowest BCUT2D eigenvalue weighted by Crippen LogP contribution is -2.13. The third-order valence-corrected chi connectivity index (χ3v) is 4.49. The fourth-order valence-corrected chi connectivity index (χ4v) is 2.68. The van der Waals surface area contributed by atoms with Gasteiger partial charge in [-0.2, -0.15) is 0 Å². The van der Waals surface area contributed by atoms with Crippen LogP contribution in [0.15, 0.2) is 66.8 Å². The van der Waals surface area contributed by atoms with Crippen molar-refractivity contribution in [3.8, 4) is 28.4 Å². The highest BCUT2D eigenvalue weighted by atomic mass is 16.6. The second-order valence-corrected chi connectivity index (χ2v) is 7.54. The monoisotopic (exact) mass is 482 g/mol. The van der Waals surface area contributed by atoms with Crippen LogP contribution in [0.1, 0.15) is 27.2 Å². The fourth-order valence-electron chi connectivity index (χ4n) is 2.68. The van der Waals surface area contributed by atoms with Crippen LogP contribution in [0.5, 0.6) is 17.2 Å². The Balaban J connectivity index is 2.13. The number of rotatable bonds is 13. The predicted octanol–water partition coefficient (Wildman–Crippen LogP) is 4.67. The van der Waals surface area contributed by atoms with Gasteiger partial charge in [-0.05, 0) is 43.7 Å². The Hall–Kier alpha value is -4.07. The zero-order valence-corrected chi connectivity index (χ0v) is 20.3. The minimum absolute atomic E-state index is 0.0407. The Labute approximate surface area is 205 Å². The highest BCUT2D eigenvalue weighted by Gasteiger charge is 2.12. The molecule has 0 aliphatic rings.